The number of likely N-dealkylation sites (tertiary alicyclic amines) is 2. The first-order valence-electron chi connectivity index (χ1n) is 8.09. The number of rotatable bonds is 7. The standard InChI is InChI=1S/C15H31N3O/c1-2-3-11-19-12-10-17-7-6-15(13-17)18-8-4-14(16)5-9-18/h14-15H,2-13,16H2,1H3. The lowest BCUT2D eigenvalue weighted by Gasteiger charge is -2.34. The predicted octanol–water partition coefficient (Wildman–Crippen LogP) is 1.30. The van der Waals surface area contributed by atoms with Crippen molar-refractivity contribution in [3.05, 3.63) is 0 Å². The van der Waals surface area contributed by atoms with Gasteiger partial charge < -0.3 is 10.5 Å². The summed E-state index contributed by atoms with van der Waals surface area (Å²) >= 11 is 0. The molecule has 0 spiro atoms. The number of ether oxygens (including phenoxy) is 1. The molecule has 0 bridgehead atoms. The first kappa shape index (κ1) is 15.2. The second-order valence-corrected chi connectivity index (χ2v) is 6.08. The van der Waals surface area contributed by atoms with Crippen molar-refractivity contribution in [2.75, 3.05) is 45.9 Å². The second-order valence-electron chi connectivity index (χ2n) is 6.08. The van der Waals surface area contributed by atoms with Crippen molar-refractivity contribution >= 4 is 0 Å². The quantitative estimate of drug-likeness (QED) is 0.707. The van der Waals surface area contributed by atoms with Crippen molar-refractivity contribution in [3.63, 3.8) is 0 Å². The molecule has 2 saturated heterocycles. The van der Waals surface area contributed by atoms with E-state index in [1.807, 2.05) is 0 Å². The summed E-state index contributed by atoms with van der Waals surface area (Å²) in [4.78, 5) is 5.21. The van der Waals surface area contributed by atoms with E-state index in [0.29, 0.717) is 6.04 Å². The monoisotopic (exact) mass is 269 g/mol. The Bertz CT molecular complexity index is 242. The number of hydrogen-bond donors (Lipinski definition) is 1. The van der Waals surface area contributed by atoms with Crippen LogP contribution in [0, 0.1) is 0 Å². The van der Waals surface area contributed by atoms with Gasteiger partial charge in [-0.05, 0) is 45.3 Å². The van der Waals surface area contributed by atoms with E-state index in [0.717, 1.165) is 25.8 Å². The van der Waals surface area contributed by atoms with Crippen LogP contribution in [-0.4, -0.2) is 67.8 Å². The number of hydrogen-bond acceptors (Lipinski definition) is 4. The summed E-state index contributed by atoms with van der Waals surface area (Å²) in [5.74, 6) is 0. The Morgan fingerprint density at radius 2 is 1.89 bits per heavy atom. The van der Waals surface area contributed by atoms with Gasteiger partial charge in [-0.3, -0.25) is 9.80 Å². The normalized spacial score (nSPS) is 27.2. The van der Waals surface area contributed by atoms with Crippen LogP contribution in [0.3, 0.4) is 0 Å². The van der Waals surface area contributed by atoms with E-state index in [1.54, 1.807) is 0 Å². The molecule has 2 fully saturated rings. The van der Waals surface area contributed by atoms with Gasteiger partial charge in [0.25, 0.3) is 0 Å². The van der Waals surface area contributed by atoms with Crippen molar-refractivity contribution in [2.24, 2.45) is 5.73 Å². The van der Waals surface area contributed by atoms with E-state index in [1.165, 1.54) is 58.3 Å². The zero-order valence-corrected chi connectivity index (χ0v) is 12.5. The van der Waals surface area contributed by atoms with Gasteiger partial charge in [0.15, 0.2) is 0 Å². The number of nitrogens with zero attached hydrogens (tertiary/aromatic N) is 2. The van der Waals surface area contributed by atoms with Crippen molar-refractivity contribution in [1.29, 1.82) is 0 Å². The number of unbranched alkanes of at least 4 members (excludes halogenated alkanes) is 1. The topological polar surface area (TPSA) is 41.7 Å². The van der Waals surface area contributed by atoms with Crippen molar-refractivity contribution < 1.29 is 4.74 Å². The summed E-state index contributed by atoms with van der Waals surface area (Å²) in [5, 5.41) is 0. The Kier molecular flexibility index (Phi) is 6.57. The molecule has 0 aromatic carbocycles. The van der Waals surface area contributed by atoms with Crippen LogP contribution in [0.5, 0.6) is 0 Å². The lowest BCUT2D eigenvalue weighted by molar-refractivity contribution is 0.102. The minimum atomic E-state index is 0.445. The summed E-state index contributed by atoms with van der Waals surface area (Å²) in [5.41, 5.74) is 5.97. The summed E-state index contributed by atoms with van der Waals surface area (Å²) < 4.78 is 5.66. The fraction of sp³-hybridized carbons (Fsp3) is 1.00. The highest BCUT2D eigenvalue weighted by atomic mass is 16.5. The molecule has 4 heteroatoms. The van der Waals surface area contributed by atoms with Crippen molar-refractivity contribution in [3.8, 4) is 0 Å². The van der Waals surface area contributed by atoms with Crippen LogP contribution in [0.15, 0.2) is 0 Å². The molecule has 0 aliphatic carbocycles. The Balaban J connectivity index is 1.58. The van der Waals surface area contributed by atoms with Crippen LogP contribution < -0.4 is 5.73 Å². The summed E-state index contributed by atoms with van der Waals surface area (Å²) in [6.45, 7) is 10.0. The summed E-state index contributed by atoms with van der Waals surface area (Å²) in [7, 11) is 0. The highest BCUT2D eigenvalue weighted by Gasteiger charge is 2.29. The zero-order valence-electron chi connectivity index (χ0n) is 12.5. The second kappa shape index (κ2) is 8.20. The Morgan fingerprint density at radius 1 is 1.11 bits per heavy atom. The molecule has 2 aliphatic heterocycles. The van der Waals surface area contributed by atoms with Gasteiger partial charge in [-0.2, -0.15) is 0 Å². The maximum atomic E-state index is 5.97. The molecule has 0 saturated carbocycles. The highest BCUT2D eigenvalue weighted by Crippen LogP contribution is 2.19. The minimum Gasteiger partial charge on any atom is -0.380 e. The van der Waals surface area contributed by atoms with Gasteiger partial charge in [0.05, 0.1) is 6.61 Å². The van der Waals surface area contributed by atoms with Gasteiger partial charge in [0, 0.05) is 31.8 Å². The molecule has 19 heavy (non-hydrogen) atoms. The zero-order chi connectivity index (χ0) is 13.5. The third-order valence-electron chi connectivity index (χ3n) is 4.53. The van der Waals surface area contributed by atoms with E-state index in [-0.39, 0.29) is 0 Å². The maximum absolute atomic E-state index is 5.97. The average Bonchev–Trinajstić information content (AvgIpc) is 2.88. The van der Waals surface area contributed by atoms with Crippen LogP contribution in [0.25, 0.3) is 0 Å². The molecule has 0 aromatic heterocycles. The van der Waals surface area contributed by atoms with Gasteiger partial charge in [0.2, 0.25) is 0 Å². The smallest absolute Gasteiger partial charge is 0.0593 e. The average molecular weight is 269 g/mol. The number of piperidine rings is 1. The van der Waals surface area contributed by atoms with Gasteiger partial charge in [-0.15, -0.1) is 0 Å². The predicted molar refractivity (Wildman–Crippen MR) is 79.4 cm³/mol. The van der Waals surface area contributed by atoms with Crippen molar-refractivity contribution in [2.45, 2.75) is 51.1 Å². The molecule has 112 valence electrons. The molecule has 2 heterocycles. The minimum absolute atomic E-state index is 0.445. The Morgan fingerprint density at radius 3 is 2.63 bits per heavy atom. The molecule has 1 unspecified atom stereocenters. The molecule has 0 amide bonds. The van der Waals surface area contributed by atoms with Crippen LogP contribution in [0.2, 0.25) is 0 Å². The summed E-state index contributed by atoms with van der Waals surface area (Å²) in [6.07, 6.45) is 6.09. The molecule has 0 radical (unpaired) electrons. The van der Waals surface area contributed by atoms with E-state index in [2.05, 4.69) is 16.7 Å². The third-order valence-corrected chi connectivity index (χ3v) is 4.53. The summed E-state index contributed by atoms with van der Waals surface area (Å²) in [6, 6.07) is 1.21. The fourth-order valence-electron chi connectivity index (χ4n) is 3.14. The molecule has 2 N–H and O–H groups in total. The SMILES string of the molecule is CCCCOCCN1CCC(N2CCC(N)CC2)C1. The molecule has 0 aromatic rings. The van der Waals surface area contributed by atoms with E-state index in [4.69, 9.17) is 10.5 Å². The van der Waals surface area contributed by atoms with Crippen LogP contribution in [0.1, 0.15) is 39.0 Å². The maximum Gasteiger partial charge on any atom is 0.0593 e. The van der Waals surface area contributed by atoms with Crippen LogP contribution >= 0.6 is 0 Å². The molecule has 1 atom stereocenters. The lowest BCUT2D eigenvalue weighted by atomic mass is 10.0. The first-order chi connectivity index (χ1) is 9.29. The first-order valence-corrected chi connectivity index (χ1v) is 8.09. The fourth-order valence-corrected chi connectivity index (χ4v) is 3.14. The van der Waals surface area contributed by atoms with Crippen LogP contribution in [0.4, 0.5) is 0 Å². The van der Waals surface area contributed by atoms with E-state index in [9.17, 15) is 0 Å². The van der Waals surface area contributed by atoms with Gasteiger partial charge in [-0.1, -0.05) is 13.3 Å². The van der Waals surface area contributed by atoms with E-state index >= 15 is 0 Å². The highest BCUT2D eigenvalue weighted by molar-refractivity contribution is 4.86. The molecule has 2 aliphatic rings. The van der Waals surface area contributed by atoms with Gasteiger partial charge in [-0.25, -0.2) is 0 Å². The van der Waals surface area contributed by atoms with Gasteiger partial charge >= 0.3 is 0 Å². The largest absolute Gasteiger partial charge is 0.380 e. The lowest BCUT2D eigenvalue weighted by Crippen LogP contribution is -2.46. The Hall–Kier alpha value is -0.160. The van der Waals surface area contributed by atoms with Gasteiger partial charge in [0.1, 0.15) is 0 Å². The molecule has 2 rings (SSSR count). The molecular weight excluding hydrogens is 238 g/mol. The number of nitrogens with two attached hydrogens (primary N) is 1. The van der Waals surface area contributed by atoms with Crippen LogP contribution in [-0.2, 0) is 4.74 Å². The molecular formula is C15H31N3O. The third kappa shape index (κ3) is 5.03. The molecule has 4 nitrogen and oxygen atoms in total. The Labute approximate surface area is 118 Å². The van der Waals surface area contributed by atoms with E-state index < -0.39 is 0 Å². The van der Waals surface area contributed by atoms with Crippen molar-refractivity contribution in [1.82, 2.24) is 9.80 Å².